The number of hydrogen-bond acceptors (Lipinski definition) is 4. The predicted molar refractivity (Wildman–Crippen MR) is 97.1 cm³/mol. The minimum Gasteiger partial charge on any atom is -0.340 e. The summed E-state index contributed by atoms with van der Waals surface area (Å²) in [6.45, 7) is 3.90. The van der Waals surface area contributed by atoms with Crippen LogP contribution in [0.3, 0.4) is 0 Å². The van der Waals surface area contributed by atoms with Crippen LogP contribution in [0.5, 0.6) is 0 Å². The molecule has 0 bridgehead atoms. The van der Waals surface area contributed by atoms with E-state index >= 15 is 0 Å². The third-order valence-electron chi connectivity index (χ3n) is 3.92. The van der Waals surface area contributed by atoms with Crippen molar-refractivity contribution in [2.24, 2.45) is 5.92 Å². The number of rotatable bonds is 5. The first-order chi connectivity index (χ1) is 10.9. The van der Waals surface area contributed by atoms with Gasteiger partial charge in [0.15, 0.2) is 0 Å². The lowest BCUT2D eigenvalue weighted by molar-refractivity contribution is -0.136. The summed E-state index contributed by atoms with van der Waals surface area (Å²) in [7, 11) is -1.76. The fourth-order valence-electron chi connectivity index (χ4n) is 2.63. The molecule has 0 aromatic heterocycles. The molecule has 2 rings (SSSR count). The number of piperazine rings is 1. The number of carbonyl (C=O) groups excluding carboxylic acids is 1. The van der Waals surface area contributed by atoms with Crippen molar-refractivity contribution < 1.29 is 13.2 Å². The predicted octanol–water partition coefficient (Wildman–Crippen LogP) is 1.45. The second kappa shape index (κ2) is 9.01. The highest BCUT2D eigenvalue weighted by Gasteiger charge is 2.31. The van der Waals surface area contributed by atoms with Gasteiger partial charge in [0.2, 0.25) is 15.9 Å². The second-order valence-corrected chi connectivity index (χ2v) is 8.02. The van der Waals surface area contributed by atoms with Crippen molar-refractivity contribution in [1.29, 1.82) is 0 Å². The third kappa shape index (κ3) is 4.83. The number of sulfonamides is 1. The van der Waals surface area contributed by atoms with Gasteiger partial charge in [0.1, 0.15) is 0 Å². The van der Waals surface area contributed by atoms with Crippen LogP contribution in [0, 0.1) is 5.92 Å². The van der Waals surface area contributed by atoms with E-state index in [0.29, 0.717) is 37.7 Å². The first-order valence-corrected chi connectivity index (χ1v) is 9.37. The third-order valence-corrected chi connectivity index (χ3v) is 6.05. The van der Waals surface area contributed by atoms with Crippen molar-refractivity contribution in [2.75, 3.05) is 39.8 Å². The maximum absolute atomic E-state index is 12.6. The monoisotopic (exact) mass is 395 g/mol. The lowest BCUT2D eigenvalue weighted by Crippen LogP contribution is -2.52. The normalized spacial score (nSPS) is 17.2. The Morgan fingerprint density at radius 1 is 1.29 bits per heavy atom. The molecule has 0 spiro atoms. The van der Waals surface area contributed by atoms with Crippen LogP contribution in [0.15, 0.2) is 29.2 Å². The number of nitrogens with one attached hydrogen (secondary N) is 1. The number of halogens is 2. The zero-order valence-electron chi connectivity index (χ0n) is 13.7. The van der Waals surface area contributed by atoms with Crippen LogP contribution in [0.1, 0.15) is 6.92 Å². The zero-order chi connectivity index (χ0) is 17.0. The first kappa shape index (κ1) is 21.2. The highest BCUT2D eigenvalue weighted by molar-refractivity contribution is 7.89. The van der Waals surface area contributed by atoms with Gasteiger partial charge in [-0.3, -0.25) is 4.79 Å². The van der Waals surface area contributed by atoms with E-state index in [2.05, 4.69) is 5.32 Å². The second-order valence-electron chi connectivity index (χ2n) is 5.65. The molecule has 1 fully saturated rings. The Balaban J connectivity index is 0.00000288. The number of hydrogen-bond donors (Lipinski definition) is 1. The van der Waals surface area contributed by atoms with Gasteiger partial charge in [-0.25, -0.2) is 8.42 Å². The Kier molecular flexibility index (Phi) is 7.95. The van der Waals surface area contributed by atoms with E-state index in [1.165, 1.54) is 16.4 Å². The Hall–Kier alpha value is -0.860. The van der Waals surface area contributed by atoms with Crippen LogP contribution in [-0.2, 0) is 14.8 Å². The van der Waals surface area contributed by atoms with Gasteiger partial charge in [-0.15, -0.1) is 12.4 Å². The fourth-order valence-corrected chi connectivity index (χ4v) is 4.35. The molecular formula is C15H23Cl2N3O3S. The van der Waals surface area contributed by atoms with Gasteiger partial charge in [-0.1, -0.05) is 24.6 Å². The molecule has 1 heterocycles. The molecular weight excluding hydrogens is 373 g/mol. The van der Waals surface area contributed by atoms with E-state index in [-0.39, 0.29) is 29.1 Å². The quantitative estimate of drug-likeness (QED) is 0.818. The fraction of sp³-hybridized carbons (Fsp3) is 0.533. The summed E-state index contributed by atoms with van der Waals surface area (Å²) in [6, 6.07) is 6.24. The number of carbonyl (C=O) groups is 1. The highest BCUT2D eigenvalue weighted by atomic mass is 35.5. The Morgan fingerprint density at radius 2 is 1.92 bits per heavy atom. The Morgan fingerprint density at radius 3 is 2.46 bits per heavy atom. The van der Waals surface area contributed by atoms with Crippen LogP contribution < -0.4 is 5.32 Å². The molecule has 1 aliphatic heterocycles. The van der Waals surface area contributed by atoms with E-state index in [0.717, 1.165) is 0 Å². The highest BCUT2D eigenvalue weighted by Crippen LogP contribution is 2.21. The lowest BCUT2D eigenvalue weighted by atomic mass is 10.1. The van der Waals surface area contributed by atoms with Crippen molar-refractivity contribution in [3.05, 3.63) is 29.3 Å². The molecule has 1 aromatic carbocycles. The number of nitrogens with zero attached hydrogens (tertiary/aromatic N) is 2. The van der Waals surface area contributed by atoms with Crippen molar-refractivity contribution >= 4 is 39.9 Å². The van der Waals surface area contributed by atoms with Gasteiger partial charge in [-0.05, 0) is 25.2 Å². The van der Waals surface area contributed by atoms with Crippen molar-refractivity contribution in [3.8, 4) is 0 Å². The summed E-state index contributed by atoms with van der Waals surface area (Å²) in [5.74, 6) is -0.0600. The number of amides is 1. The molecule has 24 heavy (non-hydrogen) atoms. The van der Waals surface area contributed by atoms with E-state index in [9.17, 15) is 13.2 Å². The van der Waals surface area contributed by atoms with Crippen LogP contribution in [0.2, 0.25) is 5.02 Å². The van der Waals surface area contributed by atoms with Gasteiger partial charge < -0.3 is 10.2 Å². The maximum Gasteiger partial charge on any atom is 0.243 e. The molecule has 6 nitrogen and oxygen atoms in total. The van der Waals surface area contributed by atoms with Crippen molar-refractivity contribution in [3.63, 3.8) is 0 Å². The van der Waals surface area contributed by atoms with Crippen LogP contribution in [0.4, 0.5) is 0 Å². The molecule has 1 saturated heterocycles. The van der Waals surface area contributed by atoms with Crippen molar-refractivity contribution in [2.45, 2.75) is 11.8 Å². The molecule has 1 unspecified atom stereocenters. The summed E-state index contributed by atoms with van der Waals surface area (Å²) in [6.07, 6.45) is 0. The van der Waals surface area contributed by atoms with Gasteiger partial charge in [0.25, 0.3) is 0 Å². The minimum atomic E-state index is -3.57. The molecule has 1 atom stereocenters. The van der Waals surface area contributed by atoms with Crippen molar-refractivity contribution in [1.82, 2.24) is 14.5 Å². The minimum absolute atomic E-state index is 0. The van der Waals surface area contributed by atoms with E-state index in [4.69, 9.17) is 11.6 Å². The molecule has 136 valence electrons. The summed E-state index contributed by atoms with van der Waals surface area (Å²) in [5, 5.41) is 3.37. The lowest BCUT2D eigenvalue weighted by Gasteiger charge is -2.35. The summed E-state index contributed by atoms with van der Waals surface area (Å²) >= 11 is 5.88. The average Bonchev–Trinajstić information content (AvgIpc) is 2.54. The maximum atomic E-state index is 12.6. The summed E-state index contributed by atoms with van der Waals surface area (Å²) in [4.78, 5) is 14.2. The van der Waals surface area contributed by atoms with Crippen LogP contribution in [0.25, 0.3) is 0 Å². The van der Waals surface area contributed by atoms with Gasteiger partial charge in [0, 0.05) is 43.7 Å². The molecule has 0 saturated carbocycles. The molecule has 9 heteroatoms. The van der Waals surface area contributed by atoms with Gasteiger partial charge in [-0.2, -0.15) is 4.31 Å². The topological polar surface area (TPSA) is 69.7 Å². The summed E-state index contributed by atoms with van der Waals surface area (Å²) in [5.41, 5.74) is 0. The van der Waals surface area contributed by atoms with Crippen LogP contribution in [-0.4, -0.2) is 63.3 Å². The average molecular weight is 396 g/mol. The largest absolute Gasteiger partial charge is 0.340 e. The SMILES string of the molecule is CNCC(C)C(=O)N1CCN(S(=O)(=O)c2cccc(Cl)c2)CC1.Cl. The molecule has 0 aliphatic carbocycles. The molecule has 0 radical (unpaired) electrons. The molecule has 1 amide bonds. The zero-order valence-corrected chi connectivity index (χ0v) is 16.1. The van der Waals surface area contributed by atoms with E-state index < -0.39 is 10.0 Å². The molecule has 1 aromatic rings. The standard InChI is InChI=1S/C15H22ClN3O3S.ClH/c1-12(11-17-2)15(20)18-6-8-19(9-7-18)23(21,22)14-5-3-4-13(16)10-14;/h3-5,10,12,17H,6-9,11H2,1-2H3;1H. The Bertz CT molecular complexity index is 662. The number of benzene rings is 1. The Labute approximate surface area is 154 Å². The van der Waals surface area contributed by atoms with Crippen LogP contribution >= 0.6 is 24.0 Å². The van der Waals surface area contributed by atoms with E-state index in [1.807, 2.05) is 6.92 Å². The van der Waals surface area contributed by atoms with Gasteiger partial charge >= 0.3 is 0 Å². The van der Waals surface area contributed by atoms with E-state index in [1.54, 1.807) is 24.1 Å². The summed E-state index contributed by atoms with van der Waals surface area (Å²) < 4.78 is 26.6. The molecule has 1 N–H and O–H groups in total. The van der Waals surface area contributed by atoms with Gasteiger partial charge in [0.05, 0.1) is 4.90 Å². The first-order valence-electron chi connectivity index (χ1n) is 7.55. The smallest absolute Gasteiger partial charge is 0.243 e. The molecule has 1 aliphatic rings.